The number of carbonyl (C=O) groups is 1. The molecule has 1 heterocycles. The summed E-state index contributed by atoms with van der Waals surface area (Å²) in [4.78, 5) is 16.0. The van der Waals surface area contributed by atoms with Gasteiger partial charge in [0.1, 0.15) is 6.04 Å². The standard InChI is InChI=1S/C25H22F2N2OS/c1-2-7-22-24(30)29(21-11-6-10-20(26)23(21)27)25(31)28(22)19-14-12-18(13-15-19)16-17-8-4-3-5-9-17/h3-6,8-15,22H,2,7,16H2,1H3. The van der Waals surface area contributed by atoms with Crippen molar-refractivity contribution in [2.75, 3.05) is 9.80 Å². The van der Waals surface area contributed by atoms with Gasteiger partial charge in [0.05, 0.1) is 5.69 Å². The highest BCUT2D eigenvalue weighted by atomic mass is 32.1. The van der Waals surface area contributed by atoms with Gasteiger partial charge in [-0.05, 0) is 60.5 Å². The number of hydrogen-bond donors (Lipinski definition) is 0. The van der Waals surface area contributed by atoms with Crippen molar-refractivity contribution in [1.29, 1.82) is 0 Å². The van der Waals surface area contributed by atoms with Gasteiger partial charge in [-0.1, -0.05) is 61.9 Å². The fourth-order valence-electron chi connectivity index (χ4n) is 3.90. The Kier molecular flexibility index (Phi) is 6.09. The quantitative estimate of drug-likeness (QED) is 0.452. The number of carbonyl (C=O) groups excluding carboxylic acids is 1. The van der Waals surface area contributed by atoms with E-state index in [1.165, 1.54) is 17.7 Å². The van der Waals surface area contributed by atoms with Crippen molar-refractivity contribution in [1.82, 2.24) is 0 Å². The van der Waals surface area contributed by atoms with E-state index in [0.717, 1.165) is 35.1 Å². The molecule has 1 amide bonds. The summed E-state index contributed by atoms with van der Waals surface area (Å²) in [5.41, 5.74) is 2.94. The van der Waals surface area contributed by atoms with Crippen molar-refractivity contribution in [2.24, 2.45) is 0 Å². The molecular formula is C25H22F2N2OS. The normalized spacial score (nSPS) is 16.3. The molecule has 6 heteroatoms. The van der Waals surface area contributed by atoms with E-state index in [1.807, 2.05) is 49.4 Å². The number of hydrogen-bond acceptors (Lipinski definition) is 2. The minimum Gasteiger partial charge on any atom is -0.306 e. The van der Waals surface area contributed by atoms with E-state index in [2.05, 4.69) is 12.1 Å². The first kappa shape index (κ1) is 21.1. The largest absolute Gasteiger partial charge is 0.306 e. The van der Waals surface area contributed by atoms with Crippen LogP contribution in [0.1, 0.15) is 30.9 Å². The van der Waals surface area contributed by atoms with E-state index >= 15 is 0 Å². The fourth-order valence-corrected chi connectivity index (χ4v) is 4.32. The number of nitrogens with zero attached hydrogens (tertiary/aromatic N) is 2. The minimum absolute atomic E-state index is 0.153. The molecule has 3 nitrogen and oxygen atoms in total. The topological polar surface area (TPSA) is 23.6 Å². The van der Waals surface area contributed by atoms with Crippen LogP contribution in [0.3, 0.4) is 0 Å². The molecule has 0 N–H and O–H groups in total. The van der Waals surface area contributed by atoms with Crippen LogP contribution in [0.2, 0.25) is 0 Å². The maximum Gasteiger partial charge on any atom is 0.256 e. The van der Waals surface area contributed by atoms with Gasteiger partial charge >= 0.3 is 0 Å². The second-order valence-electron chi connectivity index (χ2n) is 7.53. The highest BCUT2D eigenvalue weighted by molar-refractivity contribution is 7.81. The lowest BCUT2D eigenvalue weighted by Gasteiger charge is -2.24. The first-order valence-electron chi connectivity index (χ1n) is 10.2. The predicted octanol–water partition coefficient (Wildman–Crippen LogP) is 5.86. The Morgan fingerprint density at radius 3 is 2.26 bits per heavy atom. The summed E-state index contributed by atoms with van der Waals surface area (Å²) >= 11 is 5.58. The van der Waals surface area contributed by atoms with E-state index in [1.54, 1.807) is 4.90 Å². The summed E-state index contributed by atoms with van der Waals surface area (Å²) in [7, 11) is 0. The average Bonchev–Trinajstić information content (AvgIpc) is 3.01. The summed E-state index contributed by atoms with van der Waals surface area (Å²) in [5.74, 6) is -2.43. The predicted molar refractivity (Wildman–Crippen MR) is 123 cm³/mol. The lowest BCUT2D eigenvalue weighted by molar-refractivity contribution is -0.118. The number of anilines is 2. The maximum absolute atomic E-state index is 14.5. The monoisotopic (exact) mass is 436 g/mol. The van der Waals surface area contributed by atoms with Crippen LogP contribution < -0.4 is 9.80 Å². The van der Waals surface area contributed by atoms with Crippen molar-refractivity contribution in [3.8, 4) is 0 Å². The van der Waals surface area contributed by atoms with E-state index in [9.17, 15) is 13.6 Å². The Balaban J connectivity index is 1.65. The first-order chi connectivity index (χ1) is 15.0. The summed E-state index contributed by atoms with van der Waals surface area (Å²) in [6.45, 7) is 1.98. The molecule has 0 bridgehead atoms. The first-order valence-corrected chi connectivity index (χ1v) is 10.7. The highest BCUT2D eigenvalue weighted by Crippen LogP contribution is 2.34. The van der Waals surface area contributed by atoms with Gasteiger partial charge in [-0.15, -0.1) is 0 Å². The van der Waals surface area contributed by atoms with Gasteiger partial charge in [0.2, 0.25) is 0 Å². The number of halogens is 2. The van der Waals surface area contributed by atoms with Gasteiger partial charge in [0, 0.05) is 5.69 Å². The zero-order valence-electron chi connectivity index (χ0n) is 17.1. The van der Waals surface area contributed by atoms with Crippen LogP contribution in [0.15, 0.2) is 72.8 Å². The molecule has 0 saturated carbocycles. The van der Waals surface area contributed by atoms with Crippen molar-refractivity contribution < 1.29 is 13.6 Å². The Morgan fingerprint density at radius 2 is 1.58 bits per heavy atom. The highest BCUT2D eigenvalue weighted by Gasteiger charge is 2.44. The van der Waals surface area contributed by atoms with E-state index in [-0.39, 0.29) is 16.7 Å². The summed E-state index contributed by atoms with van der Waals surface area (Å²) in [6, 6.07) is 21.2. The van der Waals surface area contributed by atoms with Crippen molar-refractivity contribution >= 4 is 34.6 Å². The molecule has 0 aliphatic carbocycles. The molecular weight excluding hydrogens is 414 g/mol. The Labute approximate surface area is 185 Å². The second kappa shape index (κ2) is 8.94. The van der Waals surface area contributed by atoms with Crippen LogP contribution >= 0.6 is 12.2 Å². The molecule has 0 radical (unpaired) electrons. The SMILES string of the molecule is CCCC1C(=O)N(c2cccc(F)c2F)C(=S)N1c1ccc(Cc2ccccc2)cc1. The molecule has 1 atom stereocenters. The third-order valence-electron chi connectivity index (χ3n) is 5.41. The molecule has 4 rings (SSSR count). The summed E-state index contributed by atoms with van der Waals surface area (Å²) in [6.07, 6.45) is 2.10. The van der Waals surface area contributed by atoms with Crippen LogP contribution in [-0.2, 0) is 11.2 Å². The van der Waals surface area contributed by atoms with Crippen molar-refractivity contribution in [3.63, 3.8) is 0 Å². The Morgan fingerprint density at radius 1 is 0.903 bits per heavy atom. The average molecular weight is 437 g/mol. The number of thiocarbonyl (C=S) groups is 1. The van der Waals surface area contributed by atoms with Crippen molar-refractivity contribution in [3.05, 3.63) is 95.6 Å². The number of benzene rings is 3. The molecule has 1 unspecified atom stereocenters. The Bertz CT molecular complexity index is 1100. The smallest absolute Gasteiger partial charge is 0.256 e. The number of rotatable bonds is 6. The fraction of sp³-hybridized carbons (Fsp3) is 0.200. The van der Waals surface area contributed by atoms with Gasteiger partial charge in [-0.3, -0.25) is 9.69 Å². The molecule has 1 aliphatic heterocycles. The third-order valence-corrected chi connectivity index (χ3v) is 5.79. The lowest BCUT2D eigenvalue weighted by Crippen LogP contribution is -2.35. The van der Waals surface area contributed by atoms with E-state index in [4.69, 9.17) is 12.2 Å². The Hall–Kier alpha value is -3.12. The second-order valence-corrected chi connectivity index (χ2v) is 7.90. The van der Waals surface area contributed by atoms with Gasteiger partial charge in [0.25, 0.3) is 5.91 Å². The van der Waals surface area contributed by atoms with Crippen LogP contribution in [0.5, 0.6) is 0 Å². The molecule has 1 fully saturated rings. The minimum atomic E-state index is -1.08. The zero-order chi connectivity index (χ0) is 22.0. The van der Waals surface area contributed by atoms with Gasteiger partial charge in [-0.25, -0.2) is 8.78 Å². The van der Waals surface area contributed by atoms with E-state index < -0.39 is 17.7 Å². The van der Waals surface area contributed by atoms with Gasteiger partial charge in [0.15, 0.2) is 16.7 Å². The molecule has 3 aromatic carbocycles. The third kappa shape index (κ3) is 4.08. The van der Waals surface area contributed by atoms with Gasteiger partial charge < -0.3 is 4.90 Å². The molecule has 31 heavy (non-hydrogen) atoms. The van der Waals surface area contributed by atoms with Gasteiger partial charge in [-0.2, -0.15) is 0 Å². The van der Waals surface area contributed by atoms with Crippen molar-refractivity contribution in [2.45, 2.75) is 32.2 Å². The maximum atomic E-state index is 14.5. The summed E-state index contributed by atoms with van der Waals surface area (Å²) in [5, 5.41) is 0.156. The molecule has 1 aliphatic rings. The van der Waals surface area contributed by atoms with Crippen LogP contribution in [0, 0.1) is 11.6 Å². The van der Waals surface area contributed by atoms with Crippen LogP contribution in [0.4, 0.5) is 20.2 Å². The molecule has 3 aromatic rings. The van der Waals surface area contributed by atoms with Crippen LogP contribution in [-0.4, -0.2) is 17.1 Å². The summed E-state index contributed by atoms with van der Waals surface area (Å²) < 4.78 is 28.3. The zero-order valence-corrected chi connectivity index (χ0v) is 17.9. The molecule has 0 aromatic heterocycles. The lowest BCUT2D eigenvalue weighted by atomic mass is 10.0. The number of amides is 1. The van der Waals surface area contributed by atoms with Crippen LogP contribution in [0.25, 0.3) is 0 Å². The molecule has 1 saturated heterocycles. The molecule has 0 spiro atoms. The van der Waals surface area contributed by atoms with E-state index in [0.29, 0.717) is 6.42 Å². The molecule has 158 valence electrons.